The summed E-state index contributed by atoms with van der Waals surface area (Å²) in [6.07, 6.45) is 0.203. The molecule has 0 aliphatic heterocycles. The highest BCUT2D eigenvalue weighted by molar-refractivity contribution is 6.02. The minimum atomic E-state index is -0.237. The van der Waals surface area contributed by atoms with Gasteiger partial charge in [-0.05, 0) is 31.2 Å². The van der Waals surface area contributed by atoms with Crippen molar-refractivity contribution in [3.05, 3.63) is 53.6 Å². The van der Waals surface area contributed by atoms with Gasteiger partial charge in [-0.3, -0.25) is 9.59 Å². The van der Waals surface area contributed by atoms with E-state index in [0.717, 1.165) is 5.56 Å². The molecule has 0 saturated carbocycles. The number of nitrogens with one attached hydrogen (secondary N) is 1. The third-order valence-electron chi connectivity index (χ3n) is 3.62. The first kappa shape index (κ1) is 17.5. The monoisotopic (exact) mass is 327 g/mol. The number of benzene rings is 2. The van der Waals surface area contributed by atoms with Gasteiger partial charge in [0.1, 0.15) is 11.5 Å². The van der Waals surface area contributed by atoms with E-state index in [-0.39, 0.29) is 24.5 Å². The Morgan fingerprint density at radius 3 is 2.38 bits per heavy atom. The zero-order valence-corrected chi connectivity index (χ0v) is 14.1. The van der Waals surface area contributed by atoms with Crippen LogP contribution < -0.4 is 14.8 Å². The number of anilines is 1. The van der Waals surface area contributed by atoms with Crippen LogP contribution in [0.3, 0.4) is 0 Å². The molecule has 0 atom stereocenters. The molecule has 2 aromatic carbocycles. The fourth-order valence-corrected chi connectivity index (χ4v) is 2.36. The van der Waals surface area contributed by atoms with Gasteiger partial charge in [-0.15, -0.1) is 0 Å². The zero-order valence-electron chi connectivity index (χ0n) is 14.1. The number of Topliss-reactive ketones (excluding diaryl/α,β-unsaturated/α-hetero) is 1. The molecule has 2 rings (SSSR count). The Morgan fingerprint density at radius 2 is 1.67 bits per heavy atom. The molecule has 0 aromatic heterocycles. The molecule has 0 unspecified atom stereocenters. The molecule has 0 radical (unpaired) electrons. The van der Waals surface area contributed by atoms with Crippen molar-refractivity contribution < 1.29 is 19.1 Å². The molecule has 0 bridgehead atoms. The largest absolute Gasteiger partial charge is 0.496 e. The first-order valence-electron chi connectivity index (χ1n) is 7.66. The molecule has 1 N–H and O–H groups in total. The SMILES string of the molecule is COc1ccccc1NC(=O)CCC(=O)c1cc(C)ccc1OC. The summed E-state index contributed by atoms with van der Waals surface area (Å²) in [5, 5.41) is 2.76. The van der Waals surface area contributed by atoms with Gasteiger partial charge in [0.05, 0.1) is 25.5 Å². The molecule has 2 aromatic rings. The van der Waals surface area contributed by atoms with Crippen LogP contribution in [0.1, 0.15) is 28.8 Å². The van der Waals surface area contributed by atoms with E-state index in [9.17, 15) is 9.59 Å². The number of para-hydroxylation sites is 2. The molecule has 0 spiro atoms. The second-order valence-corrected chi connectivity index (χ2v) is 5.38. The van der Waals surface area contributed by atoms with Gasteiger partial charge in [-0.25, -0.2) is 0 Å². The molecular formula is C19H21NO4. The summed E-state index contributed by atoms with van der Waals surface area (Å²) < 4.78 is 10.4. The molecule has 24 heavy (non-hydrogen) atoms. The molecule has 0 fully saturated rings. The highest BCUT2D eigenvalue weighted by atomic mass is 16.5. The Morgan fingerprint density at radius 1 is 0.958 bits per heavy atom. The second kappa shape index (κ2) is 8.15. The van der Waals surface area contributed by atoms with E-state index in [1.165, 1.54) is 7.11 Å². The summed E-state index contributed by atoms with van der Waals surface area (Å²) in [6, 6.07) is 12.6. The van der Waals surface area contributed by atoms with Crippen LogP contribution in [0, 0.1) is 6.92 Å². The summed E-state index contributed by atoms with van der Waals surface area (Å²) in [7, 11) is 3.06. The van der Waals surface area contributed by atoms with E-state index in [1.54, 1.807) is 37.4 Å². The fraction of sp³-hybridized carbons (Fsp3) is 0.263. The lowest BCUT2D eigenvalue weighted by atomic mass is 10.0. The maximum atomic E-state index is 12.4. The maximum Gasteiger partial charge on any atom is 0.224 e. The summed E-state index contributed by atoms with van der Waals surface area (Å²) in [5.74, 6) is 0.749. The molecule has 1 amide bonds. The average molecular weight is 327 g/mol. The van der Waals surface area contributed by atoms with Crippen molar-refractivity contribution >= 4 is 17.4 Å². The normalized spacial score (nSPS) is 10.1. The number of ether oxygens (including phenoxy) is 2. The van der Waals surface area contributed by atoms with E-state index in [4.69, 9.17) is 9.47 Å². The third kappa shape index (κ3) is 4.35. The number of hydrogen-bond donors (Lipinski definition) is 1. The first-order valence-corrected chi connectivity index (χ1v) is 7.66. The minimum Gasteiger partial charge on any atom is -0.496 e. The number of aryl methyl sites for hydroxylation is 1. The van der Waals surface area contributed by atoms with Gasteiger partial charge in [-0.1, -0.05) is 23.8 Å². The Kier molecular flexibility index (Phi) is 5.95. The van der Waals surface area contributed by atoms with Gasteiger partial charge in [0.25, 0.3) is 0 Å². The number of hydrogen-bond acceptors (Lipinski definition) is 4. The Hall–Kier alpha value is -2.82. The molecule has 0 aliphatic carbocycles. The summed E-state index contributed by atoms with van der Waals surface area (Å²) in [4.78, 5) is 24.5. The minimum absolute atomic E-state index is 0.0912. The van der Waals surface area contributed by atoms with Gasteiger partial charge < -0.3 is 14.8 Å². The van der Waals surface area contributed by atoms with Crippen molar-refractivity contribution in [3.8, 4) is 11.5 Å². The van der Waals surface area contributed by atoms with Crippen molar-refractivity contribution in [2.24, 2.45) is 0 Å². The number of carbonyl (C=O) groups excluding carboxylic acids is 2. The van der Waals surface area contributed by atoms with Crippen molar-refractivity contribution in [2.45, 2.75) is 19.8 Å². The van der Waals surface area contributed by atoms with Crippen molar-refractivity contribution in [1.29, 1.82) is 0 Å². The van der Waals surface area contributed by atoms with Crippen molar-refractivity contribution in [3.63, 3.8) is 0 Å². The summed E-state index contributed by atoms with van der Waals surface area (Å²) >= 11 is 0. The number of carbonyl (C=O) groups is 2. The Balaban J connectivity index is 1.99. The smallest absolute Gasteiger partial charge is 0.224 e. The van der Waals surface area contributed by atoms with Gasteiger partial charge in [0.2, 0.25) is 5.91 Å². The summed E-state index contributed by atoms with van der Waals surface area (Å²) in [5.41, 5.74) is 2.06. The van der Waals surface area contributed by atoms with Crippen LogP contribution in [0.25, 0.3) is 0 Å². The lowest BCUT2D eigenvalue weighted by molar-refractivity contribution is -0.116. The lowest BCUT2D eigenvalue weighted by Crippen LogP contribution is -2.14. The molecule has 126 valence electrons. The van der Waals surface area contributed by atoms with Crippen molar-refractivity contribution in [1.82, 2.24) is 0 Å². The number of amides is 1. The zero-order chi connectivity index (χ0) is 17.5. The third-order valence-corrected chi connectivity index (χ3v) is 3.62. The molecule has 0 saturated heterocycles. The van der Waals surface area contributed by atoms with E-state index in [2.05, 4.69) is 5.32 Å². The standard InChI is InChI=1S/C19H21NO4/c1-13-8-10-17(23-2)14(12-13)16(21)9-11-19(22)20-15-6-4-5-7-18(15)24-3/h4-8,10,12H,9,11H2,1-3H3,(H,20,22). The molecule has 0 aliphatic rings. The van der Waals surface area contributed by atoms with Crippen LogP contribution in [-0.2, 0) is 4.79 Å². The van der Waals surface area contributed by atoms with E-state index < -0.39 is 0 Å². The lowest BCUT2D eigenvalue weighted by Gasteiger charge is -2.10. The number of rotatable bonds is 7. The Bertz CT molecular complexity index is 740. The van der Waals surface area contributed by atoms with Crippen LogP contribution in [-0.4, -0.2) is 25.9 Å². The average Bonchev–Trinajstić information content (AvgIpc) is 2.60. The van der Waals surface area contributed by atoms with Gasteiger partial charge >= 0.3 is 0 Å². The number of methoxy groups -OCH3 is 2. The van der Waals surface area contributed by atoms with Gasteiger partial charge in [-0.2, -0.15) is 0 Å². The van der Waals surface area contributed by atoms with E-state index >= 15 is 0 Å². The summed E-state index contributed by atoms with van der Waals surface area (Å²) in [6.45, 7) is 1.91. The second-order valence-electron chi connectivity index (χ2n) is 5.38. The topological polar surface area (TPSA) is 64.6 Å². The fourth-order valence-electron chi connectivity index (χ4n) is 2.36. The molecular weight excluding hydrogens is 306 g/mol. The Labute approximate surface area is 141 Å². The highest BCUT2D eigenvalue weighted by Crippen LogP contribution is 2.24. The van der Waals surface area contributed by atoms with Crippen LogP contribution in [0.4, 0.5) is 5.69 Å². The van der Waals surface area contributed by atoms with Gasteiger partial charge in [0, 0.05) is 12.8 Å². The predicted molar refractivity (Wildman–Crippen MR) is 92.9 cm³/mol. The van der Waals surface area contributed by atoms with E-state index in [1.807, 2.05) is 19.1 Å². The van der Waals surface area contributed by atoms with Gasteiger partial charge in [0.15, 0.2) is 5.78 Å². The first-order chi connectivity index (χ1) is 11.5. The highest BCUT2D eigenvalue weighted by Gasteiger charge is 2.15. The van der Waals surface area contributed by atoms with E-state index in [0.29, 0.717) is 22.7 Å². The molecule has 0 heterocycles. The van der Waals surface area contributed by atoms with Crippen molar-refractivity contribution in [2.75, 3.05) is 19.5 Å². The van der Waals surface area contributed by atoms with Crippen LogP contribution in [0.15, 0.2) is 42.5 Å². The predicted octanol–water partition coefficient (Wildman–Crippen LogP) is 3.61. The number of ketones is 1. The van der Waals surface area contributed by atoms with Crippen LogP contribution in [0.5, 0.6) is 11.5 Å². The van der Waals surface area contributed by atoms with Crippen LogP contribution in [0.2, 0.25) is 0 Å². The molecule has 5 nitrogen and oxygen atoms in total. The van der Waals surface area contributed by atoms with Crippen LogP contribution >= 0.6 is 0 Å². The molecule has 5 heteroatoms. The maximum absolute atomic E-state index is 12.4. The quantitative estimate of drug-likeness (QED) is 0.789.